The maximum Gasteiger partial charge on any atom is 0.188 e. The van der Waals surface area contributed by atoms with E-state index in [1.807, 2.05) is 24.3 Å². The van der Waals surface area contributed by atoms with Gasteiger partial charge in [0.25, 0.3) is 0 Å². The predicted molar refractivity (Wildman–Crippen MR) is 74.7 cm³/mol. The van der Waals surface area contributed by atoms with Crippen molar-refractivity contribution in [3.63, 3.8) is 0 Å². The molecule has 0 aliphatic heterocycles. The highest BCUT2D eigenvalue weighted by Crippen LogP contribution is 2.22. The van der Waals surface area contributed by atoms with Crippen molar-refractivity contribution < 1.29 is 4.79 Å². The van der Waals surface area contributed by atoms with Gasteiger partial charge in [0.1, 0.15) is 0 Å². The number of hydrogen-bond acceptors (Lipinski definition) is 2. The summed E-state index contributed by atoms with van der Waals surface area (Å²) in [6.07, 6.45) is 8.45. The van der Waals surface area contributed by atoms with Crippen LogP contribution in [0.2, 0.25) is 0 Å². The van der Waals surface area contributed by atoms with E-state index < -0.39 is 0 Å². The van der Waals surface area contributed by atoms with Gasteiger partial charge in [-0.3, -0.25) is 4.79 Å². The zero-order valence-electron chi connectivity index (χ0n) is 10.8. The molecule has 96 valence electrons. The minimum absolute atomic E-state index is 0.209. The van der Waals surface area contributed by atoms with Crippen molar-refractivity contribution in [2.75, 3.05) is 6.54 Å². The van der Waals surface area contributed by atoms with E-state index >= 15 is 0 Å². The molecule has 0 saturated heterocycles. The van der Waals surface area contributed by atoms with E-state index in [9.17, 15) is 4.79 Å². The van der Waals surface area contributed by atoms with E-state index in [1.165, 1.54) is 12.8 Å². The lowest BCUT2D eigenvalue weighted by atomic mass is 9.94. The highest BCUT2D eigenvalue weighted by Gasteiger charge is 2.16. The fourth-order valence-electron chi connectivity index (χ4n) is 2.51. The Bertz CT molecular complexity index is 448. The summed E-state index contributed by atoms with van der Waals surface area (Å²) >= 11 is 0. The highest BCUT2D eigenvalue weighted by molar-refractivity contribution is 6.09. The van der Waals surface area contributed by atoms with Gasteiger partial charge in [-0.25, -0.2) is 0 Å². The first-order valence-electron chi connectivity index (χ1n) is 6.84. The van der Waals surface area contributed by atoms with E-state index in [4.69, 9.17) is 5.73 Å². The van der Waals surface area contributed by atoms with Crippen LogP contribution in [0, 0.1) is 0 Å². The summed E-state index contributed by atoms with van der Waals surface area (Å²) in [5.74, 6) is 0.209. The van der Waals surface area contributed by atoms with Crippen LogP contribution >= 0.6 is 0 Å². The SMILES string of the molecule is NCCc1ccccc1C(=O)C1=CCCCCC1. The number of hydrogen-bond donors (Lipinski definition) is 1. The molecule has 2 nitrogen and oxygen atoms in total. The fourth-order valence-corrected chi connectivity index (χ4v) is 2.51. The number of allylic oxidation sites excluding steroid dienone is 2. The second-order valence-corrected chi connectivity index (χ2v) is 4.85. The van der Waals surface area contributed by atoms with Crippen LogP contribution in [0.15, 0.2) is 35.9 Å². The van der Waals surface area contributed by atoms with Crippen LogP contribution < -0.4 is 5.73 Å². The monoisotopic (exact) mass is 243 g/mol. The van der Waals surface area contributed by atoms with Crippen LogP contribution in [0.4, 0.5) is 0 Å². The average molecular weight is 243 g/mol. The molecule has 18 heavy (non-hydrogen) atoms. The molecule has 0 spiro atoms. The smallest absolute Gasteiger partial charge is 0.188 e. The summed E-state index contributed by atoms with van der Waals surface area (Å²) < 4.78 is 0. The zero-order chi connectivity index (χ0) is 12.8. The van der Waals surface area contributed by atoms with E-state index in [2.05, 4.69) is 6.08 Å². The lowest BCUT2D eigenvalue weighted by Crippen LogP contribution is -2.10. The molecule has 1 aliphatic rings. The van der Waals surface area contributed by atoms with Crippen LogP contribution in [0.5, 0.6) is 0 Å². The summed E-state index contributed by atoms with van der Waals surface area (Å²) in [6.45, 7) is 0.587. The Morgan fingerprint density at radius 1 is 1.17 bits per heavy atom. The van der Waals surface area contributed by atoms with Gasteiger partial charge in [-0.15, -0.1) is 0 Å². The van der Waals surface area contributed by atoms with Gasteiger partial charge in [0, 0.05) is 5.56 Å². The molecule has 2 N–H and O–H groups in total. The maximum atomic E-state index is 12.5. The van der Waals surface area contributed by atoms with Crippen molar-refractivity contribution in [3.8, 4) is 0 Å². The second-order valence-electron chi connectivity index (χ2n) is 4.85. The van der Waals surface area contributed by atoms with Crippen molar-refractivity contribution in [3.05, 3.63) is 47.0 Å². The van der Waals surface area contributed by atoms with E-state index in [-0.39, 0.29) is 5.78 Å². The molecule has 1 aromatic carbocycles. The third-order valence-electron chi connectivity index (χ3n) is 3.51. The Balaban J connectivity index is 2.24. The highest BCUT2D eigenvalue weighted by atomic mass is 16.1. The van der Waals surface area contributed by atoms with Gasteiger partial charge in [-0.1, -0.05) is 36.8 Å². The fraction of sp³-hybridized carbons (Fsp3) is 0.438. The first kappa shape index (κ1) is 13.0. The van der Waals surface area contributed by atoms with Gasteiger partial charge in [-0.05, 0) is 49.8 Å². The zero-order valence-corrected chi connectivity index (χ0v) is 10.8. The van der Waals surface area contributed by atoms with Crippen LogP contribution in [-0.4, -0.2) is 12.3 Å². The van der Waals surface area contributed by atoms with E-state index in [1.54, 1.807) is 0 Å². The molecular weight excluding hydrogens is 222 g/mol. The number of benzene rings is 1. The number of carbonyl (C=O) groups excluding carboxylic acids is 1. The Morgan fingerprint density at radius 3 is 2.83 bits per heavy atom. The maximum absolute atomic E-state index is 12.5. The van der Waals surface area contributed by atoms with Crippen LogP contribution in [0.3, 0.4) is 0 Å². The summed E-state index contributed by atoms with van der Waals surface area (Å²) in [4.78, 5) is 12.5. The molecule has 2 heteroatoms. The summed E-state index contributed by atoms with van der Waals surface area (Å²) in [5, 5.41) is 0. The molecule has 0 heterocycles. The standard InChI is InChI=1S/C16H21NO/c17-12-11-13-7-5-6-10-15(13)16(18)14-8-3-1-2-4-9-14/h5-8,10H,1-4,9,11-12,17H2. The normalized spacial score (nSPS) is 15.9. The van der Waals surface area contributed by atoms with Crippen molar-refractivity contribution >= 4 is 5.78 Å². The van der Waals surface area contributed by atoms with Crippen LogP contribution in [0.1, 0.15) is 48.0 Å². The summed E-state index contributed by atoms with van der Waals surface area (Å²) in [7, 11) is 0. The summed E-state index contributed by atoms with van der Waals surface area (Å²) in [5.41, 5.74) is 8.53. The van der Waals surface area contributed by atoms with Gasteiger partial charge in [0.15, 0.2) is 5.78 Å². The van der Waals surface area contributed by atoms with Crippen molar-refractivity contribution in [2.24, 2.45) is 5.73 Å². The lowest BCUT2D eigenvalue weighted by molar-refractivity contribution is 0.102. The molecule has 0 bridgehead atoms. The van der Waals surface area contributed by atoms with Gasteiger partial charge in [0.05, 0.1) is 0 Å². The Hall–Kier alpha value is -1.41. The van der Waals surface area contributed by atoms with E-state index in [0.717, 1.165) is 42.4 Å². The second kappa shape index (κ2) is 6.50. The molecule has 2 rings (SSSR count). The number of nitrogens with two attached hydrogens (primary N) is 1. The Morgan fingerprint density at radius 2 is 2.00 bits per heavy atom. The van der Waals surface area contributed by atoms with Gasteiger partial charge >= 0.3 is 0 Å². The van der Waals surface area contributed by atoms with Crippen LogP contribution in [0.25, 0.3) is 0 Å². The quantitative estimate of drug-likeness (QED) is 0.825. The molecule has 0 saturated carbocycles. The number of Topliss-reactive ketones (excluding diaryl/α,β-unsaturated/α-hetero) is 1. The molecule has 1 aromatic rings. The Labute approximate surface area is 109 Å². The molecule has 0 aromatic heterocycles. The number of carbonyl (C=O) groups is 1. The molecule has 0 atom stereocenters. The molecule has 0 unspecified atom stereocenters. The topological polar surface area (TPSA) is 43.1 Å². The van der Waals surface area contributed by atoms with E-state index in [0.29, 0.717) is 6.54 Å². The third-order valence-corrected chi connectivity index (χ3v) is 3.51. The Kier molecular flexibility index (Phi) is 4.71. The van der Waals surface area contributed by atoms with Crippen molar-refractivity contribution in [1.82, 2.24) is 0 Å². The van der Waals surface area contributed by atoms with Gasteiger partial charge in [-0.2, -0.15) is 0 Å². The van der Waals surface area contributed by atoms with Crippen molar-refractivity contribution in [1.29, 1.82) is 0 Å². The van der Waals surface area contributed by atoms with Crippen molar-refractivity contribution in [2.45, 2.75) is 38.5 Å². The average Bonchev–Trinajstić information content (AvgIpc) is 2.68. The third kappa shape index (κ3) is 3.08. The minimum Gasteiger partial charge on any atom is -0.330 e. The van der Waals surface area contributed by atoms with Gasteiger partial charge < -0.3 is 5.73 Å². The molecule has 1 aliphatic carbocycles. The molecule has 0 radical (unpaired) electrons. The lowest BCUT2D eigenvalue weighted by Gasteiger charge is -2.09. The molecular formula is C16H21NO. The first-order valence-corrected chi connectivity index (χ1v) is 6.84. The molecule has 0 amide bonds. The summed E-state index contributed by atoms with van der Waals surface area (Å²) in [6, 6.07) is 7.85. The number of rotatable bonds is 4. The largest absolute Gasteiger partial charge is 0.330 e. The van der Waals surface area contributed by atoms with Crippen LogP contribution in [-0.2, 0) is 6.42 Å². The van der Waals surface area contributed by atoms with Gasteiger partial charge in [0.2, 0.25) is 0 Å². The number of ketones is 1. The predicted octanol–water partition coefficient (Wildman–Crippen LogP) is 3.26. The molecule has 0 fully saturated rings. The first-order chi connectivity index (χ1) is 8.83. The minimum atomic E-state index is 0.209.